The first-order chi connectivity index (χ1) is 16.6. The van der Waals surface area contributed by atoms with E-state index in [2.05, 4.69) is 5.32 Å². The highest BCUT2D eigenvalue weighted by Gasteiger charge is 2.10. The summed E-state index contributed by atoms with van der Waals surface area (Å²) in [6.07, 6.45) is 3.00. The fourth-order valence-electron chi connectivity index (χ4n) is 3.85. The highest BCUT2D eigenvalue weighted by molar-refractivity contribution is 6.09. The Kier molecular flexibility index (Phi) is 5.54. The molecule has 34 heavy (non-hydrogen) atoms. The van der Waals surface area contributed by atoms with Crippen LogP contribution in [0.2, 0.25) is 0 Å². The van der Waals surface area contributed by atoms with Crippen molar-refractivity contribution < 1.29 is 9.72 Å². The van der Waals surface area contributed by atoms with Crippen molar-refractivity contribution in [2.45, 2.75) is 0 Å². The molecule has 0 aliphatic carbocycles. The molecule has 1 N–H and O–H groups in total. The summed E-state index contributed by atoms with van der Waals surface area (Å²) in [7, 11) is 0. The molecule has 0 aliphatic heterocycles. The number of nitrogens with one attached hydrogen (secondary N) is 1. The van der Waals surface area contributed by atoms with Gasteiger partial charge in [0.1, 0.15) is 0 Å². The number of nitro groups is 1. The van der Waals surface area contributed by atoms with Gasteiger partial charge in [-0.15, -0.1) is 0 Å². The molecule has 4 aromatic carbocycles. The van der Waals surface area contributed by atoms with Gasteiger partial charge in [-0.1, -0.05) is 54.6 Å². The van der Waals surface area contributed by atoms with E-state index in [1.165, 1.54) is 18.2 Å². The molecular formula is C28H19N3O3. The third-order valence-electron chi connectivity index (χ3n) is 5.53. The first-order valence-corrected chi connectivity index (χ1v) is 10.7. The molecule has 1 aromatic heterocycles. The molecule has 0 radical (unpaired) electrons. The number of hydrogen-bond donors (Lipinski definition) is 1. The van der Waals surface area contributed by atoms with Crippen molar-refractivity contribution in [2.75, 3.05) is 5.32 Å². The summed E-state index contributed by atoms with van der Waals surface area (Å²) < 4.78 is 0. The number of benzene rings is 4. The molecule has 164 valence electrons. The first-order valence-electron chi connectivity index (χ1n) is 10.7. The SMILES string of the molecule is O=C(/C=C/c1cccc([N+](=O)[O-])c1)c1ccc(Nc2c3ccccc3nc3ccccc23)cc1. The molecule has 6 nitrogen and oxygen atoms in total. The Morgan fingerprint density at radius 2 is 1.47 bits per heavy atom. The molecule has 0 fully saturated rings. The van der Waals surface area contributed by atoms with Gasteiger partial charge in [-0.2, -0.15) is 0 Å². The van der Waals surface area contributed by atoms with Gasteiger partial charge in [0.2, 0.25) is 0 Å². The maximum absolute atomic E-state index is 12.6. The number of para-hydroxylation sites is 2. The standard InChI is InChI=1S/C28H19N3O3/c32-27(17-12-19-6-5-7-22(18-19)31(33)34)20-13-15-21(16-14-20)29-28-23-8-1-3-10-25(23)30-26-11-4-2-9-24(26)28/h1-18H,(H,29,30)/b17-12+. The third-order valence-corrected chi connectivity index (χ3v) is 5.53. The molecule has 0 saturated carbocycles. The van der Waals surface area contributed by atoms with E-state index >= 15 is 0 Å². The summed E-state index contributed by atoms with van der Waals surface area (Å²) >= 11 is 0. The Bertz CT molecular complexity index is 1520. The van der Waals surface area contributed by atoms with E-state index in [9.17, 15) is 14.9 Å². The Morgan fingerprint density at radius 3 is 2.12 bits per heavy atom. The van der Waals surface area contributed by atoms with Crippen LogP contribution in [0, 0.1) is 10.1 Å². The molecule has 0 aliphatic rings. The van der Waals surface area contributed by atoms with E-state index in [-0.39, 0.29) is 11.5 Å². The molecule has 0 spiro atoms. The monoisotopic (exact) mass is 445 g/mol. The van der Waals surface area contributed by atoms with Crippen molar-refractivity contribution in [3.8, 4) is 0 Å². The lowest BCUT2D eigenvalue weighted by Crippen LogP contribution is -1.97. The predicted octanol–water partition coefficient (Wildman–Crippen LogP) is 6.94. The van der Waals surface area contributed by atoms with Gasteiger partial charge in [0.15, 0.2) is 5.78 Å². The number of carbonyl (C=O) groups excluding carboxylic acids is 1. The molecule has 0 atom stereocenters. The maximum atomic E-state index is 12.6. The fraction of sp³-hybridized carbons (Fsp3) is 0. The number of non-ortho nitro benzene ring substituents is 1. The lowest BCUT2D eigenvalue weighted by molar-refractivity contribution is -0.384. The van der Waals surface area contributed by atoms with Crippen LogP contribution in [-0.4, -0.2) is 15.7 Å². The number of aromatic nitrogens is 1. The minimum Gasteiger partial charge on any atom is -0.354 e. The maximum Gasteiger partial charge on any atom is 0.270 e. The van der Waals surface area contributed by atoms with Gasteiger partial charge in [-0.25, -0.2) is 4.98 Å². The van der Waals surface area contributed by atoms with E-state index in [1.807, 2.05) is 60.7 Å². The average Bonchev–Trinajstić information content (AvgIpc) is 2.87. The molecule has 5 rings (SSSR count). The van der Waals surface area contributed by atoms with Gasteiger partial charge >= 0.3 is 0 Å². The molecular weight excluding hydrogens is 426 g/mol. The van der Waals surface area contributed by atoms with Gasteiger partial charge in [0.05, 0.1) is 21.6 Å². The van der Waals surface area contributed by atoms with Crippen LogP contribution >= 0.6 is 0 Å². The number of allylic oxidation sites excluding steroid dienone is 1. The van der Waals surface area contributed by atoms with Crippen LogP contribution in [0.5, 0.6) is 0 Å². The third kappa shape index (κ3) is 4.25. The van der Waals surface area contributed by atoms with Crippen molar-refractivity contribution in [2.24, 2.45) is 0 Å². The van der Waals surface area contributed by atoms with E-state index in [0.29, 0.717) is 11.1 Å². The van der Waals surface area contributed by atoms with Gasteiger partial charge in [0.25, 0.3) is 5.69 Å². The Labute approximate surface area is 195 Å². The fourth-order valence-corrected chi connectivity index (χ4v) is 3.85. The number of carbonyl (C=O) groups is 1. The lowest BCUT2D eigenvalue weighted by atomic mass is 10.1. The topological polar surface area (TPSA) is 85.1 Å². The van der Waals surface area contributed by atoms with Crippen LogP contribution in [-0.2, 0) is 0 Å². The average molecular weight is 445 g/mol. The van der Waals surface area contributed by atoms with Crippen LogP contribution in [0.25, 0.3) is 27.9 Å². The summed E-state index contributed by atoms with van der Waals surface area (Å²) in [6.45, 7) is 0. The van der Waals surface area contributed by atoms with Crippen molar-refractivity contribution in [3.63, 3.8) is 0 Å². The lowest BCUT2D eigenvalue weighted by Gasteiger charge is -2.13. The van der Waals surface area contributed by atoms with Crippen LogP contribution in [0.4, 0.5) is 17.1 Å². The van der Waals surface area contributed by atoms with Crippen LogP contribution in [0.1, 0.15) is 15.9 Å². The number of anilines is 2. The van der Waals surface area contributed by atoms with E-state index in [0.717, 1.165) is 33.2 Å². The second-order valence-corrected chi connectivity index (χ2v) is 7.77. The molecule has 5 aromatic rings. The van der Waals surface area contributed by atoms with Gasteiger partial charge in [-0.3, -0.25) is 14.9 Å². The Balaban J connectivity index is 1.40. The second-order valence-electron chi connectivity index (χ2n) is 7.77. The minimum absolute atomic E-state index is 0.0128. The second kappa shape index (κ2) is 8.96. The summed E-state index contributed by atoms with van der Waals surface area (Å²) in [4.78, 5) is 27.8. The van der Waals surface area contributed by atoms with Gasteiger partial charge in [-0.05, 0) is 48.0 Å². The normalized spacial score (nSPS) is 11.2. The highest BCUT2D eigenvalue weighted by Crippen LogP contribution is 2.33. The van der Waals surface area contributed by atoms with E-state index in [4.69, 9.17) is 4.98 Å². The number of nitrogens with zero attached hydrogens (tertiary/aromatic N) is 2. The van der Waals surface area contributed by atoms with Gasteiger partial charge < -0.3 is 5.32 Å². The number of nitro benzene ring substituents is 1. The Hall–Kier alpha value is -4.84. The summed E-state index contributed by atoms with van der Waals surface area (Å²) in [5, 5.41) is 16.5. The quantitative estimate of drug-likeness (QED) is 0.101. The zero-order chi connectivity index (χ0) is 23.5. The van der Waals surface area contributed by atoms with Crippen molar-refractivity contribution in [3.05, 3.63) is 124 Å². The molecule has 6 heteroatoms. The molecule has 0 saturated heterocycles. The molecule has 0 amide bonds. The largest absolute Gasteiger partial charge is 0.354 e. The summed E-state index contributed by atoms with van der Waals surface area (Å²) in [6, 6.07) is 29.3. The Morgan fingerprint density at radius 1 is 0.824 bits per heavy atom. The minimum atomic E-state index is -0.458. The zero-order valence-electron chi connectivity index (χ0n) is 18.0. The van der Waals surface area contributed by atoms with Crippen LogP contribution in [0.15, 0.2) is 103 Å². The predicted molar refractivity (Wildman–Crippen MR) is 135 cm³/mol. The van der Waals surface area contributed by atoms with Crippen molar-refractivity contribution >= 4 is 50.7 Å². The number of fused-ring (bicyclic) bond motifs is 2. The van der Waals surface area contributed by atoms with Gasteiger partial charge in [0, 0.05) is 34.2 Å². The van der Waals surface area contributed by atoms with E-state index in [1.54, 1.807) is 30.3 Å². The first kappa shape index (κ1) is 21.0. The summed E-state index contributed by atoms with van der Waals surface area (Å²) in [5.74, 6) is -0.183. The van der Waals surface area contributed by atoms with Crippen LogP contribution < -0.4 is 5.32 Å². The molecule has 0 unspecified atom stereocenters. The number of hydrogen-bond acceptors (Lipinski definition) is 5. The highest BCUT2D eigenvalue weighted by atomic mass is 16.6. The zero-order valence-corrected chi connectivity index (χ0v) is 18.0. The molecule has 0 bridgehead atoms. The van der Waals surface area contributed by atoms with Crippen molar-refractivity contribution in [1.29, 1.82) is 0 Å². The van der Waals surface area contributed by atoms with Crippen LogP contribution in [0.3, 0.4) is 0 Å². The number of rotatable bonds is 6. The van der Waals surface area contributed by atoms with E-state index < -0.39 is 4.92 Å². The number of ketones is 1. The summed E-state index contributed by atoms with van der Waals surface area (Å²) in [5.41, 5.74) is 4.73. The number of pyridine rings is 1. The molecule has 1 heterocycles. The van der Waals surface area contributed by atoms with Crippen molar-refractivity contribution in [1.82, 2.24) is 4.98 Å². The smallest absolute Gasteiger partial charge is 0.270 e.